The molecule has 2 bridgehead atoms. The van der Waals surface area contributed by atoms with Gasteiger partial charge in [-0.25, -0.2) is 0 Å². The summed E-state index contributed by atoms with van der Waals surface area (Å²) in [6.07, 6.45) is -1.00. The Morgan fingerprint density at radius 1 is 1.12 bits per heavy atom. The predicted molar refractivity (Wildman–Crippen MR) is 148 cm³/mol. The van der Waals surface area contributed by atoms with Crippen molar-refractivity contribution < 1.29 is 37.4 Å². The van der Waals surface area contributed by atoms with E-state index in [-0.39, 0.29) is 72.7 Å². The van der Waals surface area contributed by atoms with Gasteiger partial charge in [-0.2, -0.15) is 18.3 Å². The Bertz CT molecular complexity index is 1390. The van der Waals surface area contributed by atoms with Gasteiger partial charge in [0.1, 0.15) is 5.75 Å². The lowest BCUT2D eigenvalue weighted by Gasteiger charge is -2.51. The molecule has 8 nitrogen and oxygen atoms in total. The Hall–Kier alpha value is -3.08. The molecule has 4 fully saturated rings. The van der Waals surface area contributed by atoms with Crippen molar-refractivity contribution in [3.8, 4) is 5.75 Å². The highest BCUT2D eigenvalue weighted by Crippen LogP contribution is 2.57. The van der Waals surface area contributed by atoms with Crippen LogP contribution in [0.5, 0.6) is 5.75 Å². The molecule has 4 aliphatic rings. The highest BCUT2D eigenvalue weighted by Gasteiger charge is 2.56. The number of nitrogens with zero attached hydrogens (tertiary/aromatic N) is 3. The van der Waals surface area contributed by atoms with Crippen molar-refractivity contribution in [2.45, 2.75) is 76.9 Å². The number of aromatic nitrogens is 2. The number of ether oxygens (including phenoxy) is 1. The summed E-state index contributed by atoms with van der Waals surface area (Å²) in [5.41, 5.74) is -3.60. The highest BCUT2D eigenvalue weighted by molar-refractivity contribution is 6.34. The molecular formula is C30H35ClF3N3O5. The number of carboxylic acid groups (broad SMARTS) is 1. The molecule has 0 atom stereocenters. The zero-order valence-corrected chi connectivity index (χ0v) is 24.6. The minimum atomic E-state index is -4.91. The summed E-state index contributed by atoms with van der Waals surface area (Å²) in [4.78, 5) is 40.5. The summed E-state index contributed by atoms with van der Waals surface area (Å²) in [6, 6.07) is 4.67. The van der Waals surface area contributed by atoms with Crippen molar-refractivity contribution >= 4 is 29.3 Å². The molecule has 1 aromatic heterocycles. The quantitative estimate of drug-likeness (QED) is 0.328. The summed E-state index contributed by atoms with van der Waals surface area (Å²) in [6.45, 7) is 3.78. The highest BCUT2D eigenvalue weighted by atomic mass is 35.5. The van der Waals surface area contributed by atoms with Gasteiger partial charge in [0, 0.05) is 6.54 Å². The number of ketones is 1. The Morgan fingerprint density at radius 3 is 2.26 bits per heavy atom. The number of carboxylic acids is 1. The molecule has 1 heterocycles. The van der Waals surface area contributed by atoms with Gasteiger partial charge in [-0.05, 0) is 74.8 Å². The molecule has 0 saturated heterocycles. The molecule has 42 heavy (non-hydrogen) atoms. The van der Waals surface area contributed by atoms with Crippen LogP contribution in [0.1, 0.15) is 91.6 Å². The van der Waals surface area contributed by atoms with Gasteiger partial charge < -0.3 is 14.7 Å². The van der Waals surface area contributed by atoms with E-state index in [4.69, 9.17) is 16.3 Å². The van der Waals surface area contributed by atoms with Crippen molar-refractivity contribution in [1.82, 2.24) is 14.7 Å². The molecule has 0 aliphatic heterocycles. The minimum Gasteiger partial charge on any atom is -0.496 e. The van der Waals surface area contributed by atoms with Crippen LogP contribution in [0.25, 0.3) is 0 Å². The number of halogens is 4. The van der Waals surface area contributed by atoms with Crippen LogP contribution in [0.3, 0.4) is 0 Å². The summed E-state index contributed by atoms with van der Waals surface area (Å²) >= 11 is 6.30. The van der Waals surface area contributed by atoms with Gasteiger partial charge in [0.25, 0.3) is 5.91 Å². The van der Waals surface area contributed by atoms with Crippen molar-refractivity contribution in [2.24, 2.45) is 16.7 Å². The fourth-order valence-corrected chi connectivity index (χ4v) is 7.74. The van der Waals surface area contributed by atoms with E-state index in [0.29, 0.717) is 0 Å². The molecule has 0 radical (unpaired) electrons. The van der Waals surface area contributed by atoms with Crippen molar-refractivity contribution in [1.29, 1.82) is 0 Å². The number of Topliss-reactive ketones (excluding diaryl/α,β-unsaturated/α-hetero) is 1. The molecule has 4 aliphatic carbocycles. The van der Waals surface area contributed by atoms with Crippen molar-refractivity contribution in [2.75, 3.05) is 20.2 Å². The summed E-state index contributed by atoms with van der Waals surface area (Å²) in [7, 11) is 1.38. The molecule has 6 rings (SSSR count). The Balaban J connectivity index is 1.49. The molecule has 12 heteroatoms. The number of alkyl halides is 3. The van der Waals surface area contributed by atoms with Crippen LogP contribution in [-0.2, 0) is 16.5 Å². The van der Waals surface area contributed by atoms with Gasteiger partial charge in [-0.1, -0.05) is 31.5 Å². The number of carbonyl (C=O) groups is 3. The van der Waals surface area contributed by atoms with Gasteiger partial charge in [-0.15, -0.1) is 0 Å². The van der Waals surface area contributed by atoms with E-state index in [0.717, 1.165) is 23.7 Å². The number of hydrogen-bond acceptors (Lipinski definition) is 5. The molecule has 0 spiro atoms. The van der Waals surface area contributed by atoms with Gasteiger partial charge >= 0.3 is 12.1 Å². The maximum Gasteiger partial charge on any atom is 0.433 e. The maximum atomic E-state index is 14.7. The zero-order chi connectivity index (χ0) is 30.7. The van der Waals surface area contributed by atoms with Crippen molar-refractivity contribution in [3.05, 3.63) is 46.2 Å². The normalized spacial score (nSPS) is 25.1. The van der Waals surface area contributed by atoms with Crippen LogP contribution in [0.15, 0.2) is 24.4 Å². The van der Waals surface area contributed by atoms with Gasteiger partial charge in [0.05, 0.1) is 47.0 Å². The Labute approximate surface area is 247 Å². The SMILES string of the molecule is COc1cccc(Cl)c1C(=O)CN(CC1CC(C)(C)C1)C(=O)c1cnn(C23CCC(C(=O)O)(CC2)CC3)c1C(F)(F)F. The van der Waals surface area contributed by atoms with Crippen LogP contribution in [0.2, 0.25) is 5.02 Å². The first kappa shape index (κ1) is 30.4. The van der Waals surface area contributed by atoms with E-state index in [2.05, 4.69) is 18.9 Å². The second kappa shape index (κ2) is 10.6. The van der Waals surface area contributed by atoms with Crippen molar-refractivity contribution in [3.63, 3.8) is 0 Å². The third-order valence-electron chi connectivity index (χ3n) is 9.63. The Morgan fingerprint density at radius 2 is 1.74 bits per heavy atom. The molecule has 228 valence electrons. The zero-order valence-electron chi connectivity index (χ0n) is 23.9. The van der Waals surface area contributed by atoms with E-state index >= 15 is 0 Å². The van der Waals surface area contributed by atoms with Crippen LogP contribution < -0.4 is 4.74 Å². The molecule has 1 N–H and O–H groups in total. The smallest absolute Gasteiger partial charge is 0.433 e. The molecule has 1 amide bonds. The number of aliphatic carboxylic acids is 1. The average molecular weight is 610 g/mol. The lowest BCUT2D eigenvalue weighted by molar-refractivity contribution is -0.163. The number of amides is 1. The van der Waals surface area contributed by atoms with Gasteiger partial charge in [0.2, 0.25) is 0 Å². The molecule has 2 aromatic rings. The summed E-state index contributed by atoms with van der Waals surface area (Å²) in [5, 5.41) is 14.0. The number of methoxy groups -OCH3 is 1. The molecule has 4 saturated carbocycles. The van der Waals surface area contributed by atoms with Gasteiger partial charge in [0.15, 0.2) is 11.5 Å². The average Bonchev–Trinajstić information content (AvgIpc) is 3.39. The standard InChI is InChI=1S/C30H35ClF3N3O5/c1-27(2)13-18(14-27)16-36(17-21(38)23-20(31)5-4-6-22(23)42-3)25(39)19-15-35-37(24(19)30(32,33)34)29-10-7-28(8-11-29,9-12-29)26(40)41/h4-6,15,18H,7-14,16-17H2,1-3H3,(H,40,41). The molecule has 0 unspecified atom stereocenters. The van der Waals surface area contributed by atoms with Crippen LogP contribution in [0, 0.1) is 16.7 Å². The largest absolute Gasteiger partial charge is 0.496 e. The monoisotopic (exact) mass is 609 g/mol. The second-order valence-corrected chi connectivity index (χ2v) is 13.4. The van der Waals surface area contributed by atoms with Crippen LogP contribution in [-0.4, -0.2) is 57.6 Å². The number of hydrogen-bond donors (Lipinski definition) is 1. The fourth-order valence-electron chi connectivity index (χ4n) is 7.47. The van der Waals surface area contributed by atoms with E-state index in [9.17, 15) is 32.7 Å². The third-order valence-corrected chi connectivity index (χ3v) is 9.95. The van der Waals surface area contributed by atoms with E-state index < -0.39 is 52.6 Å². The minimum absolute atomic E-state index is 0.0219. The number of fused-ring (bicyclic) bond motifs is 3. The van der Waals surface area contributed by atoms with Crippen LogP contribution >= 0.6 is 11.6 Å². The topological polar surface area (TPSA) is 102 Å². The van der Waals surface area contributed by atoms with Gasteiger partial charge in [-0.3, -0.25) is 19.1 Å². The lowest BCUT2D eigenvalue weighted by Crippen LogP contribution is -2.52. The Kier molecular flexibility index (Phi) is 7.65. The molecule has 1 aromatic carbocycles. The number of carbonyl (C=O) groups excluding carboxylic acids is 2. The molecular weight excluding hydrogens is 575 g/mol. The number of benzene rings is 1. The number of rotatable bonds is 9. The first-order valence-corrected chi connectivity index (χ1v) is 14.5. The maximum absolute atomic E-state index is 14.7. The van der Waals surface area contributed by atoms with E-state index in [1.54, 1.807) is 12.1 Å². The lowest BCUT2D eigenvalue weighted by atomic mass is 9.57. The first-order chi connectivity index (χ1) is 19.6. The van der Waals surface area contributed by atoms with E-state index in [1.807, 2.05) is 0 Å². The van der Waals surface area contributed by atoms with E-state index in [1.165, 1.54) is 18.1 Å². The third kappa shape index (κ3) is 5.29. The summed E-state index contributed by atoms with van der Waals surface area (Å²) in [5.74, 6) is -2.17. The first-order valence-electron chi connectivity index (χ1n) is 14.2. The summed E-state index contributed by atoms with van der Waals surface area (Å²) < 4.78 is 50.4. The van der Waals surface area contributed by atoms with Crippen LogP contribution in [0.4, 0.5) is 13.2 Å². The second-order valence-electron chi connectivity index (χ2n) is 13.0. The fraction of sp³-hybridized carbons (Fsp3) is 0.600. The predicted octanol–water partition coefficient (Wildman–Crippen LogP) is 6.46.